The Labute approximate surface area is 117 Å². The number of nitrogens with zero attached hydrogens (tertiary/aromatic N) is 4. The summed E-state index contributed by atoms with van der Waals surface area (Å²) in [7, 11) is 1.86. The van der Waals surface area contributed by atoms with Crippen molar-refractivity contribution in [3.8, 4) is 22.6 Å². The second-order valence-electron chi connectivity index (χ2n) is 4.67. The van der Waals surface area contributed by atoms with Crippen LogP contribution in [-0.2, 0) is 7.05 Å². The van der Waals surface area contributed by atoms with Crippen LogP contribution in [0.15, 0.2) is 42.7 Å². The van der Waals surface area contributed by atoms with Crippen LogP contribution >= 0.6 is 0 Å². The van der Waals surface area contributed by atoms with Gasteiger partial charge in [0.25, 0.3) is 0 Å². The predicted molar refractivity (Wildman–Crippen MR) is 78.8 cm³/mol. The molecule has 100 valence electrons. The van der Waals surface area contributed by atoms with Gasteiger partial charge in [-0.2, -0.15) is 5.10 Å². The van der Waals surface area contributed by atoms with Gasteiger partial charge in [0.1, 0.15) is 5.82 Å². The third-order valence-corrected chi connectivity index (χ3v) is 3.19. The Morgan fingerprint density at radius 2 is 1.80 bits per heavy atom. The summed E-state index contributed by atoms with van der Waals surface area (Å²) in [6, 6.07) is 9.97. The summed E-state index contributed by atoms with van der Waals surface area (Å²) in [5.74, 6) is 1.10. The number of nitrogens with two attached hydrogens (primary N) is 1. The standard InChI is InChI=1S/C15H15N5/c1-10-13(11-6-4-3-5-7-11)18-15(19-14(10)16)12-8-17-20(2)9-12/h3-9H,1-2H3,(H2,16,18,19). The lowest BCUT2D eigenvalue weighted by atomic mass is 10.1. The van der Waals surface area contributed by atoms with Crippen LogP contribution in [0.2, 0.25) is 0 Å². The molecule has 0 spiro atoms. The molecule has 5 nitrogen and oxygen atoms in total. The molecule has 0 fully saturated rings. The van der Waals surface area contributed by atoms with E-state index < -0.39 is 0 Å². The molecule has 5 heteroatoms. The highest BCUT2D eigenvalue weighted by molar-refractivity contribution is 5.70. The summed E-state index contributed by atoms with van der Waals surface area (Å²) in [5, 5.41) is 4.14. The van der Waals surface area contributed by atoms with E-state index >= 15 is 0 Å². The number of anilines is 1. The van der Waals surface area contributed by atoms with E-state index in [-0.39, 0.29) is 0 Å². The van der Waals surface area contributed by atoms with Gasteiger partial charge in [-0.3, -0.25) is 4.68 Å². The molecule has 3 rings (SSSR count). The highest BCUT2D eigenvalue weighted by Gasteiger charge is 2.12. The van der Waals surface area contributed by atoms with Crippen molar-refractivity contribution < 1.29 is 0 Å². The van der Waals surface area contributed by atoms with Crippen molar-refractivity contribution >= 4 is 5.82 Å². The maximum atomic E-state index is 6.02. The molecule has 0 atom stereocenters. The molecule has 0 aliphatic rings. The van der Waals surface area contributed by atoms with E-state index in [4.69, 9.17) is 5.73 Å². The summed E-state index contributed by atoms with van der Waals surface area (Å²) in [5.41, 5.74) is 9.66. The minimum atomic E-state index is 0.498. The largest absolute Gasteiger partial charge is 0.383 e. The average Bonchev–Trinajstić information content (AvgIpc) is 2.89. The lowest BCUT2D eigenvalue weighted by molar-refractivity contribution is 0.768. The average molecular weight is 265 g/mol. The smallest absolute Gasteiger partial charge is 0.165 e. The van der Waals surface area contributed by atoms with E-state index in [1.165, 1.54) is 0 Å². The molecule has 0 saturated heterocycles. The van der Waals surface area contributed by atoms with Crippen LogP contribution in [0, 0.1) is 6.92 Å². The Kier molecular flexibility index (Phi) is 2.95. The Hall–Kier alpha value is -2.69. The van der Waals surface area contributed by atoms with Gasteiger partial charge in [0, 0.05) is 24.4 Å². The Morgan fingerprint density at radius 1 is 1.05 bits per heavy atom. The molecule has 0 aliphatic heterocycles. The normalized spacial score (nSPS) is 10.7. The number of hydrogen-bond donors (Lipinski definition) is 1. The van der Waals surface area contributed by atoms with Gasteiger partial charge in [-0.15, -0.1) is 0 Å². The Balaban J connectivity index is 2.18. The number of aryl methyl sites for hydroxylation is 1. The van der Waals surface area contributed by atoms with Gasteiger partial charge in [-0.25, -0.2) is 9.97 Å². The molecule has 2 heterocycles. The maximum Gasteiger partial charge on any atom is 0.165 e. The van der Waals surface area contributed by atoms with Crippen molar-refractivity contribution in [3.05, 3.63) is 48.3 Å². The van der Waals surface area contributed by atoms with Crippen LogP contribution in [0.3, 0.4) is 0 Å². The molecular weight excluding hydrogens is 250 g/mol. The second kappa shape index (κ2) is 4.77. The first-order chi connectivity index (χ1) is 9.65. The fraction of sp³-hybridized carbons (Fsp3) is 0.133. The second-order valence-corrected chi connectivity index (χ2v) is 4.67. The van der Waals surface area contributed by atoms with Gasteiger partial charge >= 0.3 is 0 Å². The zero-order valence-electron chi connectivity index (χ0n) is 11.4. The van der Waals surface area contributed by atoms with Crippen molar-refractivity contribution in [3.63, 3.8) is 0 Å². The van der Waals surface area contributed by atoms with E-state index in [9.17, 15) is 0 Å². The first kappa shape index (κ1) is 12.3. The van der Waals surface area contributed by atoms with Gasteiger partial charge in [-0.05, 0) is 6.92 Å². The molecule has 2 aromatic heterocycles. The highest BCUT2D eigenvalue weighted by atomic mass is 15.2. The number of rotatable bonds is 2. The zero-order chi connectivity index (χ0) is 14.1. The lowest BCUT2D eigenvalue weighted by Crippen LogP contribution is -2.02. The van der Waals surface area contributed by atoms with Gasteiger partial charge in [0.05, 0.1) is 17.5 Å². The first-order valence-corrected chi connectivity index (χ1v) is 6.33. The monoisotopic (exact) mass is 265 g/mol. The molecule has 3 aromatic rings. The van der Waals surface area contributed by atoms with Gasteiger partial charge in [0.2, 0.25) is 0 Å². The summed E-state index contributed by atoms with van der Waals surface area (Å²) in [6.07, 6.45) is 3.61. The molecular formula is C15H15N5. The Morgan fingerprint density at radius 3 is 2.45 bits per heavy atom. The van der Waals surface area contributed by atoms with Crippen molar-refractivity contribution in [2.24, 2.45) is 7.05 Å². The van der Waals surface area contributed by atoms with E-state index in [1.54, 1.807) is 10.9 Å². The molecule has 0 bridgehead atoms. The minimum absolute atomic E-state index is 0.498. The molecule has 1 aromatic carbocycles. The molecule has 0 radical (unpaired) electrons. The molecule has 20 heavy (non-hydrogen) atoms. The fourth-order valence-electron chi connectivity index (χ4n) is 2.08. The van der Waals surface area contributed by atoms with Gasteiger partial charge < -0.3 is 5.73 Å². The van der Waals surface area contributed by atoms with Crippen molar-refractivity contribution in [1.82, 2.24) is 19.7 Å². The van der Waals surface area contributed by atoms with Crippen LogP contribution < -0.4 is 5.73 Å². The van der Waals surface area contributed by atoms with Crippen molar-refractivity contribution in [2.45, 2.75) is 6.92 Å². The van der Waals surface area contributed by atoms with Crippen LogP contribution in [0.1, 0.15) is 5.56 Å². The van der Waals surface area contributed by atoms with E-state index in [1.807, 2.05) is 50.5 Å². The van der Waals surface area contributed by atoms with Crippen LogP contribution in [-0.4, -0.2) is 19.7 Å². The summed E-state index contributed by atoms with van der Waals surface area (Å²) >= 11 is 0. The first-order valence-electron chi connectivity index (χ1n) is 6.33. The van der Waals surface area contributed by atoms with E-state index in [0.717, 1.165) is 22.4 Å². The lowest BCUT2D eigenvalue weighted by Gasteiger charge is -2.09. The van der Waals surface area contributed by atoms with E-state index in [2.05, 4.69) is 15.1 Å². The summed E-state index contributed by atoms with van der Waals surface area (Å²) in [4.78, 5) is 9.00. The maximum absolute atomic E-state index is 6.02. The SMILES string of the molecule is Cc1c(N)nc(-c2cnn(C)c2)nc1-c1ccccc1. The number of hydrogen-bond acceptors (Lipinski definition) is 4. The van der Waals surface area contributed by atoms with Crippen LogP contribution in [0.25, 0.3) is 22.6 Å². The minimum Gasteiger partial charge on any atom is -0.383 e. The Bertz CT molecular complexity index is 746. The van der Waals surface area contributed by atoms with Crippen molar-refractivity contribution in [2.75, 3.05) is 5.73 Å². The predicted octanol–water partition coefficient (Wildman–Crippen LogP) is 2.43. The molecule has 0 unspecified atom stereocenters. The van der Waals surface area contributed by atoms with Crippen LogP contribution in [0.5, 0.6) is 0 Å². The van der Waals surface area contributed by atoms with Gasteiger partial charge in [-0.1, -0.05) is 30.3 Å². The molecule has 0 saturated carbocycles. The third kappa shape index (κ3) is 2.14. The summed E-state index contributed by atoms with van der Waals surface area (Å²) in [6.45, 7) is 1.94. The van der Waals surface area contributed by atoms with Crippen LogP contribution in [0.4, 0.5) is 5.82 Å². The van der Waals surface area contributed by atoms with E-state index in [0.29, 0.717) is 11.6 Å². The van der Waals surface area contributed by atoms with Gasteiger partial charge in [0.15, 0.2) is 5.82 Å². The quantitative estimate of drug-likeness (QED) is 0.772. The number of benzene rings is 1. The molecule has 0 amide bonds. The fourth-order valence-corrected chi connectivity index (χ4v) is 2.08. The number of aromatic nitrogens is 4. The van der Waals surface area contributed by atoms with Crippen molar-refractivity contribution in [1.29, 1.82) is 0 Å². The molecule has 0 aliphatic carbocycles. The summed E-state index contributed by atoms with van der Waals surface area (Å²) < 4.78 is 1.72. The zero-order valence-corrected chi connectivity index (χ0v) is 11.4. The molecule has 2 N–H and O–H groups in total. The topological polar surface area (TPSA) is 69.6 Å². The highest BCUT2D eigenvalue weighted by Crippen LogP contribution is 2.27. The third-order valence-electron chi connectivity index (χ3n) is 3.19. The number of nitrogen functional groups attached to an aromatic ring is 1.